The average molecular weight is 718 g/mol. The van der Waals surface area contributed by atoms with E-state index in [2.05, 4.69) is 48.5 Å². The van der Waals surface area contributed by atoms with Gasteiger partial charge in [0.2, 0.25) is 0 Å². The van der Waals surface area contributed by atoms with E-state index in [-0.39, 0.29) is 26.1 Å². The molecular weight excluding hydrogens is 653 g/mol. The second kappa shape index (κ2) is 26.3. The molecule has 2 aromatic carbocycles. The van der Waals surface area contributed by atoms with Crippen molar-refractivity contribution in [1.29, 1.82) is 0 Å². The first-order valence-corrected chi connectivity index (χ1v) is 20.3. The number of rotatable bonds is 30. The normalized spacial score (nSPS) is 13.4. The Bertz CT molecular complexity index is 1200. The van der Waals surface area contributed by atoms with Gasteiger partial charge in [0, 0.05) is 12.8 Å². The van der Waals surface area contributed by atoms with Crippen LogP contribution in [0.2, 0.25) is 0 Å². The lowest BCUT2D eigenvalue weighted by Gasteiger charge is -2.28. The van der Waals surface area contributed by atoms with Gasteiger partial charge in [-0.1, -0.05) is 125 Å². The van der Waals surface area contributed by atoms with Crippen molar-refractivity contribution in [3.63, 3.8) is 0 Å². The molecule has 0 aromatic heterocycles. The number of carbonyl (C=O) groups excluding carboxylic acids is 2. The van der Waals surface area contributed by atoms with Crippen molar-refractivity contribution in [2.45, 2.75) is 122 Å². The van der Waals surface area contributed by atoms with Crippen LogP contribution in [0.1, 0.15) is 114 Å². The highest BCUT2D eigenvalue weighted by Crippen LogP contribution is 2.38. The van der Waals surface area contributed by atoms with Crippen LogP contribution in [0, 0.1) is 0 Å². The fraction of sp³-hybridized carbons (Fsp3) is 0.650. The van der Waals surface area contributed by atoms with Crippen LogP contribution in [0.15, 0.2) is 60.7 Å². The molecule has 0 saturated carbocycles. The van der Waals surface area contributed by atoms with Gasteiger partial charge in [0.1, 0.15) is 19.8 Å². The molecule has 50 heavy (non-hydrogen) atoms. The molecule has 0 N–H and O–H groups in total. The summed E-state index contributed by atoms with van der Waals surface area (Å²) in [6, 6.07) is 21.1. The average Bonchev–Trinajstić information content (AvgIpc) is 3.08. The van der Waals surface area contributed by atoms with Gasteiger partial charge >= 0.3 is 11.9 Å². The van der Waals surface area contributed by atoms with Crippen LogP contribution in [0.5, 0.6) is 0 Å². The molecule has 1 unspecified atom stereocenters. The number of phosphoric acid groups is 1. The van der Waals surface area contributed by atoms with Crippen molar-refractivity contribution in [2.24, 2.45) is 0 Å². The highest BCUT2D eigenvalue weighted by Gasteiger charge is 2.21. The minimum absolute atomic E-state index is 0.0373. The van der Waals surface area contributed by atoms with Gasteiger partial charge in [0.15, 0.2) is 6.10 Å². The summed E-state index contributed by atoms with van der Waals surface area (Å²) in [5.74, 6) is -0.866. The number of quaternary nitrogens is 1. The Hall–Kier alpha value is -2.55. The summed E-state index contributed by atoms with van der Waals surface area (Å²) in [4.78, 5) is 37.4. The summed E-state index contributed by atoms with van der Waals surface area (Å²) < 4.78 is 33.8. The van der Waals surface area contributed by atoms with E-state index in [1.807, 2.05) is 33.3 Å². The summed E-state index contributed by atoms with van der Waals surface area (Å²) in [6.07, 6.45) is 16.4. The highest BCUT2D eigenvalue weighted by molar-refractivity contribution is 7.45. The van der Waals surface area contributed by atoms with Crippen LogP contribution >= 0.6 is 7.82 Å². The number of likely N-dealkylation sites (N-methyl/N-ethyl adjacent to an activating group) is 1. The molecular formula is C40H64NO8P. The number of hydrogen-bond acceptors (Lipinski definition) is 8. The molecule has 2 aromatic rings. The van der Waals surface area contributed by atoms with Crippen molar-refractivity contribution in [3.05, 3.63) is 71.8 Å². The molecule has 0 aliphatic heterocycles. The summed E-state index contributed by atoms with van der Waals surface area (Å²) in [6.45, 7) is -0.316. The van der Waals surface area contributed by atoms with Crippen molar-refractivity contribution < 1.29 is 42.1 Å². The van der Waals surface area contributed by atoms with Crippen LogP contribution in [0.25, 0.3) is 0 Å². The zero-order valence-corrected chi connectivity index (χ0v) is 32.0. The largest absolute Gasteiger partial charge is 0.756 e. The number of carbonyl (C=O) groups is 2. The molecule has 2 rings (SSSR count). The number of benzene rings is 2. The second-order valence-corrected chi connectivity index (χ2v) is 15.7. The molecule has 0 heterocycles. The number of ether oxygens (including phenoxy) is 2. The minimum atomic E-state index is -4.63. The standard InChI is InChI=1S/C40H64NO8P/c1-41(2,3)32-33-47-50(44,45)48-35-38(49-40(43)31-23-13-9-5-7-11-17-25-37-28-20-15-21-29-37)34-46-39(42)30-22-12-8-4-6-10-16-24-36-26-18-14-19-27-36/h14-15,18-21,26-29,38H,4-13,16-17,22-25,30-35H2,1-3H3/t38-/m1/s1. The molecule has 0 bridgehead atoms. The van der Waals surface area contributed by atoms with E-state index in [0.717, 1.165) is 51.4 Å². The molecule has 0 aliphatic rings. The fourth-order valence-corrected chi connectivity index (χ4v) is 6.24. The van der Waals surface area contributed by atoms with Crippen molar-refractivity contribution in [2.75, 3.05) is 47.5 Å². The summed E-state index contributed by atoms with van der Waals surface area (Å²) in [7, 11) is 1.14. The van der Waals surface area contributed by atoms with E-state index < -0.39 is 32.5 Å². The van der Waals surface area contributed by atoms with E-state index in [1.165, 1.54) is 49.7 Å². The van der Waals surface area contributed by atoms with Crippen LogP contribution in [0.3, 0.4) is 0 Å². The monoisotopic (exact) mass is 717 g/mol. The lowest BCUT2D eigenvalue weighted by molar-refractivity contribution is -0.870. The zero-order valence-electron chi connectivity index (χ0n) is 31.1. The Kier molecular flexibility index (Phi) is 22.9. The zero-order chi connectivity index (χ0) is 36.3. The number of unbranched alkanes of at least 4 members (excludes halogenated alkanes) is 12. The maximum atomic E-state index is 12.6. The van der Waals surface area contributed by atoms with Gasteiger partial charge in [-0.25, -0.2) is 0 Å². The third kappa shape index (κ3) is 24.6. The van der Waals surface area contributed by atoms with Crippen molar-refractivity contribution >= 4 is 19.8 Å². The predicted molar refractivity (Wildman–Crippen MR) is 197 cm³/mol. The number of phosphoric ester groups is 1. The molecule has 0 radical (unpaired) electrons. The van der Waals surface area contributed by atoms with Crippen molar-refractivity contribution in [1.82, 2.24) is 0 Å². The first-order valence-electron chi connectivity index (χ1n) is 18.9. The first kappa shape index (κ1) is 43.6. The van der Waals surface area contributed by atoms with Gasteiger partial charge in [0.25, 0.3) is 7.82 Å². The smallest absolute Gasteiger partial charge is 0.306 e. The van der Waals surface area contributed by atoms with Crippen LogP contribution < -0.4 is 4.89 Å². The van der Waals surface area contributed by atoms with E-state index in [1.54, 1.807) is 0 Å². The molecule has 0 amide bonds. The van der Waals surface area contributed by atoms with E-state index >= 15 is 0 Å². The van der Waals surface area contributed by atoms with Gasteiger partial charge in [-0.2, -0.15) is 0 Å². The number of hydrogen-bond donors (Lipinski definition) is 0. The van der Waals surface area contributed by atoms with Gasteiger partial charge in [0.05, 0.1) is 27.7 Å². The van der Waals surface area contributed by atoms with Gasteiger partial charge in [-0.3, -0.25) is 14.2 Å². The molecule has 10 heteroatoms. The lowest BCUT2D eigenvalue weighted by atomic mass is 10.0. The molecule has 0 spiro atoms. The van der Waals surface area contributed by atoms with Gasteiger partial charge in [-0.05, 0) is 49.7 Å². The van der Waals surface area contributed by atoms with Crippen LogP contribution in [0.4, 0.5) is 0 Å². The molecule has 0 saturated heterocycles. The SMILES string of the molecule is C[N+](C)(C)CCOP(=O)([O-])OC[C@@H](COC(=O)CCCCCCCCCc1ccccc1)OC(=O)CCCCCCCCCc1ccccc1. The van der Waals surface area contributed by atoms with E-state index in [4.69, 9.17) is 18.5 Å². The molecule has 0 aliphatic carbocycles. The fourth-order valence-electron chi connectivity index (χ4n) is 5.51. The third-order valence-electron chi connectivity index (χ3n) is 8.54. The predicted octanol–water partition coefficient (Wildman–Crippen LogP) is 8.38. The summed E-state index contributed by atoms with van der Waals surface area (Å²) >= 11 is 0. The van der Waals surface area contributed by atoms with Crippen LogP contribution in [-0.4, -0.2) is 70.0 Å². The van der Waals surface area contributed by atoms with Gasteiger partial charge < -0.3 is 27.9 Å². The Morgan fingerprint density at radius 3 is 1.54 bits per heavy atom. The van der Waals surface area contributed by atoms with Gasteiger partial charge in [-0.15, -0.1) is 0 Å². The maximum Gasteiger partial charge on any atom is 0.306 e. The van der Waals surface area contributed by atoms with E-state index in [9.17, 15) is 19.0 Å². The minimum Gasteiger partial charge on any atom is -0.756 e. The molecule has 9 nitrogen and oxygen atoms in total. The number of aryl methyl sites for hydroxylation is 2. The quantitative estimate of drug-likeness (QED) is 0.0343. The topological polar surface area (TPSA) is 111 Å². The Balaban J connectivity index is 1.63. The van der Waals surface area contributed by atoms with Crippen molar-refractivity contribution in [3.8, 4) is 0 Å². The Morgan fingerprint density at radius 1 is 0.620 bits per heavy atom. The summed E-state index contributed by atoms with van der Waals surface area (Å²) in [5, 5.41) is 0. The molecule has 2 atom stereocenters. The second-order valence-electron chi connectivity index (χ2n) is 14.3. The lowest BCUT2D eigenvalue weighted by Crippen LogP contribution is -2.37. The highest BCUT2D eigenvalue weighted by atomic mass is 31.2. The number of nitrogens with zero attached hydrogens (tertiary/aromatic N) is 1. The number of esters is 2. The maximum absolute atomic E-state index is 12.6. The third-order valence-corrected chi connectivity index (χ3v) is 9.50. The molecule has 282 valence electrons. The van der Waals surface area contributed by atoms with Crippen LogP contribution in [-0.2, 0) is 45.5 Å². The summed E-state index contributed by atoms with van der Waals surface area (Å²) in [5.41, 5.74) is 2.76. The first-order chi connectivity index (χ1) is 24.0. The Labute approximate surface area is 302 Å². The Morgan fingerprint density at radius 2 is 1.06 bits per heavy atom. The van der Waals surface area contributed by atoms with E-state index in [0.29, 0.717) is 23.9 Å². The molecule has 0 fully saturated rings.